The number of benzene rings is 14. The molecule has 0 saturated carbocycles. The predicted molar refractivity (Wildman–Crippen MR) is 644 cm³/mol. The summed E-state index contributed by atoms with van der Waals surface area (Å²) in [5.74, 6) is 0. The highest BCUT2D eigenvalue weighted by molar-refractivity contribution is 7.26. The Balaban J connectivity index is 0.673. The van der Waals surface area contributed by atoms with Gasteiger partial charge in [0.1, 0.15) is 22.3 Å². The van der Waals surface area contributed by atoms with Crippen LogP contribution in [0.25, 0.3) is 86.3 Å². The van der Waals surface area contributed by atoms with Crippen LogP contribution in [0.3, 0.4) is 0 Å². The van der Waals surface area contributed by atoms with Crippen LogP contribution >= 0.6 is 11.3 Å². The van der Waals surface area contributed by atoms with Crippen molar-refractivity contribution in [1.29, 1.82) is 0 Å². The van der Waals surface area contributed by atoms with Crippen molar-refractivity contribution in [3.8, 4) is 22.3 Å². The molecule has 26 rings (SSSR count). The molecule has 0 N–H and O–H groups in total. The van der Waals surface area contributed by atoms with E-state index in [1.54, 1.807) is 0 Å². The molecular formula is C140H148B2N4O3S. The van der Waals surface area contributed by atoms with Crippen molar-refractivity contribution in [2.24, 2.45) is 0 Å². The lowest BCUT2D eigenvalue weighted by molar-refractivity contribution is 0.310. The zero-order chi connectivity index (χ0) is 105. The van der Waals surface area contributed by atoms with Gasteiger partial charge in [0.2, 0.25) is 0 Å². The van der Waals surface area contributed by atoms with Crippen LogP contribution in [0, 0.1) is 0 Å². The van der Waals surface area contributed by atoms with Crippen molar-refractivity contribution >= 4 is 190 Å². The summed E-state index contributed by atoms with van der Waals surface area (Å²) >= 11 is 1.92. The summed E-state index contributed by atoms with van der Waals surface area (Å²) in [7, 11) is 0. The van der Waals surface area contributed by atoms with E-state index in [1.165, 1.54) is 159 Å². The molecule has 150 heavy (non-hydrogen) atoms. The number of furan rings is 3. The smallest absolute Gasteiger partial charge is 0.297 e. The average molecular weight is 1990 g/mol. The third kappa shape index (κ3) is 14.7. The summed E-state index contributed by atoms with van der Waals surface area (Å²) in [6.07, 6.45) is 9.49. The maximum atomic E-state index is 8.27. The molecule has 0 bridgehead atoms. The molecular weight excluding hydrogens is 1840 g/mol. The van der Waals surface area contributed by atoms with Crippen LogP contribution in [-0.4, -0.2) is 13.4 Å². The summed E-state index contributed by atoms with van der Waals surface area (Å²) in [6.45, 7) is 72.3. The van der Waals surface area contributed by atoms with Gasteiger partial charge < -0.3 is 32.9 Å². The maximum Gasteiger partial charge on any atom is 0.297 e. The third-order valence-electron chi connectivity index (χ3n) is 38.1. The Morgan fingerprint density at radius 1 is 0.273 bits per heavy atom. The van der Waals surface area contributed by atoms with Gasteiger partial charge in [0.15, 0.2) is 0 Å². The van der Waals surface area contributed by atoms with Crippen LogP contribution in [0.15, 0.2) is 256 Å². The van der Waals surface area contributed by atoms with Crippen molar-refractivity contribution in [3.05, 3.63) is 321 Å². The first kappa shape index (κ1) is 97.0. The molecule has 7 nitrogen and oxygen atoms in total. The topological polar surface area (TPSA) is 52.4 Å². The van der Waals surface area contributed by atoms with E-state index in [9.17, 15) is 0 Å². The van der Waals surface area contributed by atoms with E-state index in [1.807, 2.05) is 11.3 Å². The lowest BCUT2D eigenvalue weighted by atomic mass is 9.35. The van der Waals surface area contributed by atoms with Gasteiger partial charge in [-0.25, -0.2) is 0 Å². The van der Waals surface area contributed by atoms with Crippen LogP contribution in [-0.2, 0) is 76.8 Å². The lowest BCUT2D eigenvalue weighted by Crippen LogP contribution is -2.61. The number of thiophene rings is 1. The first-order valence-electron chi connectivity index (χ1n) is 56.0. The van der Waals surface area contributed by atoms with E-state index < -0.39 is 0 Å². The highest BCUT2D eigenvalue weighted by Gasteiger charge is 2.54. The molecule has 758 valence electrons. The number of rotatable bonds is 8. The van der Waals surface area contributed by atoms with Gasteiger partial charge >= 0.3 is 0 Å². The van der Waals surface area contributed by atoms with Crippen molar-refractivity contribution in [3.63, 3.8) is 0 Å². The predicted octanol–water partition coefficient (Wildman–Crippen LogP) is 36.1. The summed E-state index contributed by atoms with van der Waals surface area (Å²) in [5, 5.41) is 7.15. The number of nitrogens with zero attached hydrogens (tertiary/aromatic N) is 4. The van der Waals surface area contributed by atoms with Crippen molar-refractivity contribution in [2.75, 3.05) is 19.6 Å². The van der Waals surface area contributed by atoms with Crippen molar-refractivity contribution in [1.82, 2.24) is 0 Å². The Morgan fingerprint density at radius 2 is 0.673 bits per heavy atom. The number of anilines is 12. The largest absolute Gasteiger partial charge is 0.468 e. The minimum absolute atomic E-state index is 0.000229. The van der Waals surface area contributed by atoms with E-state index >= 15 is 0 Å². The second-order valence-corrected chi connectivity index (χ2v) is 57.9. The van der Waals surface area contributed by atoms with Crippen LogP contribution < -0.4 is 52.8 Å². The number of hydrogen-bond acceptors (Lipinski definition) is 8. The quantitative estimate of drug-likeness (QED) is 0.141. The van der Waals surface area contributed by atoms with E-state index in [0.717, 1.165) is 164 Å². The van der Waals surface area contributed by atoms with E-state index in [-0.39, 0.29) is 83.8 Å². The normalized spacial score (nSPS) is 18.9. The minimum Gasteiger partial charge on any atom is -0.468 e. The Kier molecular flexibility index (Phi) is 20.6. The lowest BCUT2D eigenvalue weighted by Gasteiger charge is -2.45. The van der Waals surface area contributed by atoms with Gasteiger partial charge in [-0.2, -0.15) is 0 Å². The zero-order valence-corrected chi connectivity index (χ0v) is 95.4. The van der Waals surface area contributed by atoms with Crippen molar-refractivity contribution in [2.45, 2.75) is 336 Å². The zero-order valence-electron chi connectivity index (χ0n) is 94.5. The second kappa shape index (κ2) is 31.9. The molecule has 0 fully saturated rings. The van der Waals surface area contributed by atoms with Gasteiger partial charge in [0.05, 0.1) is 22.7 Å². The highest BCUT2D eigenvalue weighted by Crippen LogP contribution is 2.61. The first-order valence-corrected chi connectivity index (χ1v) is 56.8. The number of hydrogen-bond donors (Lipinski definition) is 0. The van der Waals surface area contributed by atoms with Crippen molar-refractivity contribution < 1.29 is 13.3 Å². The molecule has 4 aromatic heterocycles. The summed E-state index contributed by atoms with van der Waals surface area (Å²) in [5.41, 5.74) is 46.8. The van der Waals surface area contributed by atoms with Gasteiger partial charge in [0.25, 0.3) is 13.4 Å². The van der Waals surface area contributed by atoms with Gasteiger partial charge in [-0.1, -0.05) is 323 Å². The summed E-state index contributed by atoms with van der Waals surface area (Å²) < 4.78 is 26.6. The molecule has 0 amide bonds. The SMILES string of the molecule is CC(C)(C)c1ccc(N2c3ccc(C(C)(C)C)cc3B3c4oc5cc6c(cc5c4N(c4ccc5c(c4)C(C)(C)CCC5(C)C)c4cc(-c5cccc7c5sc5ccccc57)cc2c43)C(C)(C)CCC6(C)Cc2ccc3oc4c(-c5cc6c7c(c5)N(c5ccc8c(c5)C(C)(C)CCC8(C)C)c5c(oc8cc9c(cc58)C(C)(C)CCC9(C)C)B7c5cc(C(C)(C)C)ccc5N6c5cc(C(C)(C)C)cc(C(C)(C)C)c5)cccc4c3c2)cc1. The monoisotopic (exact) mass is 1990 g/mol. The standard InChI is InChI=1S/C140H148B2N4O3S/c1-128(2,3)83-42-46-88(47-43-83)143-110-52-44-84(129(4,5)6)71-108(110)141-120-112(143)66-82(93-37-34-39-96-94-35-31-32-40-119(94)150-125(93)96)67-115(120)146(90-49-51-101-103(74-90)136(22,23)58-56-134(101,18)19)123-99-76-105-107(78-118(99)149-127(123)141)140(30,62-61-139(105,28)29)79-80-41-54-116-97(63-80)95-38-33-36-92(124(95)147-116)81-64-113-121-114(65-81)145(89-48-50-100-102(73-89)135(20,21)57-55-133(100,16)17)122-98-75-104-106(138(26,27)60-59-137(104,24)25)77-117(98)148-126(122)142(121)109-72-85(130(7,8)9)45-53-111(109)144(113)91-69-86(131(10,11)12)68-87(70-91)132(13,14)15/h31-54,63-78H,55-62,79H2,1-30H3. The fourth-order valence-electron chi connectivity index (χ4n) is 28.3. The van der Waals surface area contributed by atoms with Crippen LogP contribution in [0.1, 0.15) is 337 Å². The van der Waals surface area contributed by atoms with Gasteiger partial charge in [-0.15, -0.1) is 11.3 Å². The molecule has 4 aliphatic carbocycles. The molecule has 18 aromatic rings. The van der Waals surface area contributed by atoms with Crippen LogP contribution in [0.4, 0.5) is 68.2 Å². The number of para-hydroxylation sites is 1. The Hall–Kier alpha value is -12.5. The first-order chi connectivity index (χ1) is 70.5. The molecule has 10 heteroatoms. The summed E-state index contributed by atoms with van der Waals surface area (Å²) in [6, 6.07) is 97.8. The molecule has 8 aliphatic rings. The van der Waals surface area contributed by atoms with E-state index in [4.69, 9.17) is 13.3 Å². The molecule has 0 spiro atoms. The maximum absolute atomic E-state index is 8.27. The number of fused-ring (bicyclic) bond motifs is 22. The Labute approximate surface area is 895 Å². The molecule has 1 atom stereocenters. The Morgan fingerprint density at radius 3 is 1.17 bits per heavy atom. The van der Waals surface area contributed by atoms with Crippen LogP contribution in [0.5, 0.6) is 0 Å². The Bertz CT molecular complexity index is 8820. The molecule has 14 aromatic carbocycles. The van der Waals surface area contributed by atoms with Gasteiger partial charge in [-0.05, 0) is 372 Å². The molecule has 1 unspecified atom stereocenters. The fourth-order valence-corrected chi connectivity index (χ4v) is 29.5. The molecule has 8 heterocycles. The highest BCUT2D eigenvalue weighted by atomic mass is 32.1. The minimum atomic E-state index is -0.314. The second-order valence-electron chi connectivity index (χ2n) is 56.9. The third-order valence-corrected chi connectivity index (χ3v) is 39.3. The van der Waals surface area contributed by atoms with Gasteiger partial charge in [0, 0.05) is 104 Å². The van der Waals surface area contributed by atoms with E-state index in [0.29, 0.717) is 0 Å². The molecule has 0 saturated heterocycles. The average Bonchev–Trinajstić information content (AvgIpc) is 1.47. The van der Waals surface area contributed by atoms with E-state index in [2.05, 4.69) is 470 Å². The summed E-state index contributed by atoms with van der Waals surface area (Å²) in [4.78, 5) is 10.7. The molecule has 4 aliphatic heterocycles. The van der Waals surface area contributed by atoms with Gasteiger partial charge in [-0.3, -0.25) is 0 Å². The fraction of sp³-hybridized carbons (Fsp3) is 0.371. The molecule has 0 radical (unpaired) electrons. The van der Waals surface area contributed by atoms with Crippen LogP contribution in [0.2, 0.25) is 0 Å².